The Kier molecular flexibility index (Phi) is 3.18. The first-order valence-corrected chi connectivity index (χ1v) is 5.61. The van der Waals surface area contributed by atoms with Crippen molar-refractivity contribution in [1.29, 1.82) is 0 Å². The molecule has 2 heterocycles. The molecule has 0 N–H and O–H groups in total. The van der Waals surface area contributed by atoms with Gasteiger partial charge in [-0.15, -0.1) is 0 Å². The lowest BCUT2D eigenvalue weighted by Crippen LogP contribution is -2.06. The fourth-order valence-corrected chi connectivity index (χ4v) is 1.61. The van der Waals surface area contributed by atoms with Crippen molar-refractivity contribution in [2.24, 2.45) is 0 Å². The maximum Gasteiger partial charge on any atom is 0.360 e. The van der Waals surface area contributed by atoms with Gasteiger partial charge in [0.05, 0.1) is 6.61 Å². The summed E-state index contributed by atoms with van der Waals surface area (Å²) in [7, 11) is 0. The van der Waals surface area contributed by atoms with Gasteiger partial charge >= 0.3 is 5.97 Å². The molecular formula is C12H14N2O4. The first kappa shape index (κ1) is 12.3. The summed E-state index contributed by atoms with van der Waals surface area (Å²) >= 11 is 0. The topological polar surface area (TPSA) is 78.4 Å². The van der Waals surface area contributed by atoms with E-state index in [0.29, 0.717) is 29.7 Å². The molecule has 2 aromatic rings. The molecule has 0 spiro atoms. The largest absolute Gasteiger partial charge is 0.461 e. The van der Waals surface area contributed by atoms with Crippen LogP contribution < -0.4 is 0 Å². The molecule has 2 aromatic heterocycles. The molecule has 96 valence electrons. The van der Waals surface area contributed by atoms with Gasteiger partial charge in [0.25, 0.3) is 0 Å². The van der Waals surface area contributed by atoms with Crippen LogP contribution in [-0.4, -0.2) is 22.5 Å². The molecule has 2 rings (SSSR count). The molecule has 0 fully saturated rings. The van der Waals surface area contributed by atoms with Crippen LogP contribution in [0, 0.1) is 20.8 Å². The standard InChI is InChI=1S/C12H14N2O4/c1-5-16-12(15)10-7(3)18-11(14-10)9-6(2)17-8(4)13-9/h5H2,1-4H3. The molecule has 0 aliphatic carbocycles. The highest BCUT2D eigenvalue weighted by atomic mass is 16.5. The molecule has 6 nitrogen and oxygen atoms in total. The van der Waals surface area contributed by atoms with E-state index in [1.54, 1.807) is 27.7 Å². The van der Waals surface area contributed by atoms with Crippen LogP contribution in [0.15, 0.2) is 8.83 Å². The second-order valence-electron chi connectivity index (χ2n) is 3.78. The highest BCUT2D eigenvalue weighted by Gasteiger charge is 2.22. The van der Waals surface area contributed by atoms with Crippen LogP contribution in [0.4, 0.5) is 0 Å². The molecule has 0 aliphatic heterocycles. The van der Waals surface area contributed by atoms with Crippen molar-refractivity contribution in [1.82, 2.24) is 9.97 Å². The number of esters is 1. The lowest BCUT2D eigenvalue weighted by atomic mass is 10.3. The zero-order valence-electron chi connectivity index (χ0n) is 10.7. The zero-order valence-corrected chi connectivity index (χ0v) is 10.7. The molecule has 0 aliphatic rings. The molecular weight excluding hydrogens is 236 g/mol. The number of rotatable bonds is 3. The molecule has 0 radical (unpaired) electrons. The van der Waals surface area contributed by atoms with Gasteiger partial charge in [-0.1, -0.05) is 0 Å². The molecule has 0 amide bonds. The van der Waals surface area contributed by atoms with E-state index in [1.807, 2.05) is 0 Å². The summed E-state index contributed by atoms with van der Waals surface area (Å²) in [6, 6.07) is 0. The molecule has 0 unspecified atom stereocenters. The first-order valence-electron chi connectivity index (χ1n) is 5.61. The minimum Gasteiger partial charge on any atom is -0.461 e. The summed E-state index contributed by atoms with van der Waals surface area (Å²) < 4.78 is 15.6. The quantitative estimate of drug-likeness (QED) is 0.778. The van der Waals surface area contributed by atoms with Crippen molar-refractivity contribution in [3.63, 3.8) is 0 Å². The van der Waals surface area contributed by atoms with Crippen LogP contribution in [-0.2, 0) is 4.74 Å². The van der Waals surface area contributed by atoms with E-state index in [4.69, 9.17) is 13.6 Å². The summed E-state index contributed by atoms with van der Waals surface area (Å²) in [4.78, 5) is 19.9. The molecule has 0 saturated heterocycles. The van der Waals surface area contributed by atoms with Crippen LogP contribution in [0.2, 0.25) is 0 Å². The number of nitrogens with zero attached hydrogens (tertiary/aromatic N) is 2. The smallest absolute Gasteiger partial charge is 0.360 e. The van der Waals surface area contributed by atoms with E-state index in [2.05, 4.69) is 9.97 Å². The predicted molar refractivity (Wildman–Crippen MR) is 62.2 cm³/mol. The Labute approximate surface area is 104 Å². The highest BCUT2D eigenvalue weighted by Crippen LogP contribution is 2.24. The van der Waals surface area contributed by atoms with Crippen LogP contribution >= 0.6 is 0 Å². The minimum absolute atomic E-state index is 0.173. The summed E-state index contributed by atoms with van der Waals surface area (Å²) in [5.41, 5.74) is 0.679. The molecule has 0 aromatic carbocycles. The SMILES string of the molecule is CCOC(=O)c1nc(-c2nc(C)oc2C)oc1C. The number of hydrogen-bond donors (Lipinski definition) is 0. The molecule has 0 saturated carbocycles. The average Bonchev–Trinajstić information content (AvgIpc) is 2.82. The van der Waals surface area contributed by atoms with E-state index < -0.39 is 5.97 Å². The zero-order chi connectivity index (χ0) is 13.3. The number of oxazole rings is 2. The van der Waals surface area contributed by atoms with Gasteiger partial charge < -0.3 is 13.6 Å². The van der Waals surface area contributed by atoms with Gasteiger partial charge in [0.15, 0.2) is 17.3 Å². The fraction of sp³-hybridized carbons (Fsp3) is 0.417. The van der Waals surface area contributed by atoms with Gasteiger partial charge in [0, 0.05) is 6.92 Å². The number of ether oxygens (including phenoxy) is 1. The molecule has 18 heavy (non-hydrogen) atoms. The summed E-state index contributed by atoms with van der Waals surface area (Å²) in [5, 5.41) is 0. The second-order valence-corrected chi connectivity index (χ2v) is 3.78. The van der Waals surface area contributed by atoms with Crippen molar-refractivity contribution in [3.8, 4) is 11.6 Å². The highest BCUT2D eigenvalue weighted by molar-refractivity contribution is 5.88. The second kappa shape index (κ2) is 4.64. The van der Waals surface area contributed by atoms with Gasteiger partial charge in [-0.05, 0) is 20.8 Å². The number of aryl methyl sites for hydroxylation is 3. The molecule has 6 heteroatoms. The lowest BCUT2D eigenvalue weighted by molar-refractivity contribution is 0.0518. The summed E-state index contributed by atoms with van der Waals surface area (Å²) in [6.07, 6.45) is 0. The van der Waals surface area contributed by atoms with E-state index in [9.17, 15) is 4.79 Å². The number of aromatic nitrogens is 2. The minimum atomic E-state index is -0.497. The normalized spacial score (nSPS) is 10.7. The van der Waals surface area contributed by atoms with Gasteiger partial charge in [-0.3, -0.25) is 0 Å². The van der Waals surface area contributed by atoms with Crippen molar-refractivity contribution in [3.05, 3.63) is 23.1 Å². The Morgan fingerprint density at radius 2 is 1.89 bits per heavy atom. The number of carbonyl (C=O) groups excluding carboxylic acids is 1. The third-order valence-electron chi connectivity index (χ3n) is 2.37. The lowest BCUT2D eigenvalue weighted by Gasteiger charge is -1.96. The summed E-state index contributed by atoms with van der Waals surface area (Å²) in [5.74, 6) is 1.30. The van der Waals surface area contributed by atoms with Gasteiger partial charge in [-0.25, -0.2) is 14.8 Å². The molecule has 0 atom stereocenters. The van der Waals surface area contributed by atoms with E-state index in [0.717, 1.165) is 0 Å². The van der Waals surface area contributed by atoms with Gasteiger partial charge in [-0.2, -0.15) is 0 Å². The Balaban J connectivity index is 2.40. The number of hydrogen-bond acceptors (Lipinski definition) is 6. The fourth-order valence-electron chi connectivity index (χ4n) is 1.61. The van der Waals surface area contributed by atoms with Gasteiger partial charge in [0.1, 0.15) is 11.5 Å². The van der Waals surface area contributed by atoms with E-state index in [1.165, 1.54) is 0 Å². The summed E-state index contributed by atoms with van der Waals surface area (Å²) in [6.45, 7) is 7.18. The van der Waals surface area contributed by atoms with Crippen LogP contribution in [0.3, 0.4) is 0 Å². The maximum atomic E-state index is 11.6. The van der Waals surface area contributed by atoms with Gasteiger partial charge in [0.2, 0.25) is 5.89 Å². The Hall–Kier alpha value is -2.11. The first-order chi connectivity index (χ1) is 8.52. The average molecular weight is 250 g/mol. The van der Waals surface area contributed by atoms with Crippen molar-refractivity contribution >= 4 is 5.97 Å². The number of carbonyl (C=O) groups is 1. The van der Waals surface area contributed by atoms with Crippen molar-refractivity contribution < 1.29 is 18.4 Å². The Morgan fingerprint density at radius 1 is 1.17 bits per heavy atom. The van der Waals surface area contributed by atoms with Crippen LogP contribution in [0.1, 0.15) is 34.8 Å². The monoisotopic (exact) mass is 250 g/mol. The third kappa shape index (κ3) is 2.13. The molecule has 0 bridgehead atoms. The van der Waals surface area contributed by atoms with Crippen molar-refractivity contribution in [2.75, 3.05) is 6.61 Å². The van der Waals surface area contributed by atoms with E-state index in [-0.39, 0.29) is 11.6 Å². The van der Waals surface area contributed by atoms with Crippen LogP contribution in [0.5, 0.6) is 0 Å². The maximum absolute atomic E-state index is 11.6. The predicted octanol–water partition coefficient (Wildman–Crippen LogP) is 2.43. The van der Waals surface area contributed by atoms with Crippen LogP contribution in [0.25, 0.3) is 11.6 Å². The van der Waals surface area contributed by atoms with E-state index >= 15 is 0 Å². The van der Waals surface area contributed by atoms with Crippen molar-refractivity contribution in [2.45, 2.75) is 27.7 Å². The Bertz CT molecular complexity index is 583. The Morgan fingerprint density at radius 3 is 2.44 bits per heavy atom. The third-order valence-corrected chi connectivity index (χ3v) is 2.37.